The number of hydrogen-bond acceptors (Lipinski definition) is 5. The zero-order valence-electron chi connectivity index (χ0n) is 17.9. The van der Waals surface area contributed by atoms with Crippen LogP contribution in [0.15, 0.2) is 77.7 Å². The molecule has 0 radical (unpaired) electrons. The molecule has 6 nitrogen and oxygen atoms in total. The molecule has 0 heterocycles. The normalized spacial score (nSPS) is 10.2. The predicted molar refractivity (Wildman–Crippen MR) is 136 cm³/mol. The lowest BCUT2D eigenvalue weighted by Gasteiger charge is -2.14. The van der Waals surface area contributed by atoms with E-state index in [2.05, 4.69) is 16.0 Å². The molecular weight excluding hydrogens is 442 g/mol. The molecule has 0 saturated carbocycles. The van der Waals surface area contributed by atoms with Crippen LogP contribution in [0.1, 0.15) is 6.92 Å². The number of thiocarbonyl (C=S) groups is 1. The number of rotatable bonds is 9. The first-order valence-corrected chi connectivity index (χ1v) is 11.4. The highest BCUT2D eigenvalue weighted by Gasteiger charge is 2.07. The Hall–Kier alpha value is -3.23. The minimum Gasteiger partial charge on any atom is -0.495 e. The van der Waals surface area contributed by atoms with Crippen molar-refractivity contribution in [2.24, 2.45) is 0 Å². The lowest BCUT2D eigenvalue weighted by molar-refractivity contribution is -0.113. The maximum absolute atomic E-state index is 12.3. The molecule has 0 aliphatic rings. The second-order valence-electron chi connectivity index (χ2n) is 6.60. The number of anilines is 3. The number of thioether (sulfide) groups is 1. The van der Waals surface area contributed by atoms with E-state index in [1.54, 1.807) is 7.11 Å². The molecule has 0 spiro atoms. The molecule has 8 heteroatoms. The number of hydrogen-bond donors (Lipinski definition) is 3. The zero-order valence-corrected chi connectivity index (χ0v) is 19.5. The molecule has 3 N–H and O–H groups in total. The lowest BCUT2D eigenvalue weighted by atomic mass is 10.3. The molecule has 0 saturated heterocycles. The quantitative estimate of drug-likeness (QED) is 0.278. The summed E-state index contributed by atoms with van der Waals surface area (Å²) in [6.45, 7) is 2.54. The summed E-state index contributed by atoms with van der Waals surface area (Å²) in [5, 5.41) is 9.64. The molecule has 0 aromatic heterocycles. The van der Waals surface area contributed by atoms with Crippen LogP contribution in [-0.2, 0) is 4.79 Å². The van der Waals surface area contributed by atoms with Crippen molar-refractivity contribution in [2.75, 3.05) is 35.4 Å². The SMILES string of the molecule is CCOc1ccc(NC(=O)CSc2cccc(NC(=S)Nc3ccccc3OC)c2)cc1. The fourth-order valence-electron chi connectivity index (χ4n) is 2.84. The van der Waals surface area contributed by atoms with Gasteiger partial charge < -0.3 is 25.4 Å². The van der Waals surface area contributed by atoms with E-state index in [0.717, 1.165) is 27.7 Å². The Morgan fingerprint density at radius 3 is 2.47 bits per heavy atom. The average Bonchev–Trinajstić information content (AvgIpc) is 2.80. The van der Waals surface area contributed by atoms with Gasteiger partial charge in [0.25, 0.3) is 0 Å². The third kappa shape index (κ3) is 7.18. The molecule has 0 fully saturated rings. The van der Waals surface area contributed by atoms with Crippen LogP contribution in [0.3, 0.4) is 0 Å². The van der Waals surface area contributed by atoms with Crippen LogP contribution in [0.4, 0.5) is 17.1 Å². The molecule has 0 bridgehead atoms. The zero-order chi connectivity index (χ0) is 22.8. The molecule has 3 aromatic carbocycles. The van der Waals surface area contributed by atoms with Gasteiger partial charge in [-0.1, -0.05) is 18.2 Å². The van der Waals surface area contributed by atoms with Crippen LogP contribution in [0.2, 0.25) is 0 Å². The Kier molecular flexibility index (Phi) is 8.77. The van der Waals surface area contributed by atoms with Gasteiger partial charge in [-0.2, -0.15) is 0 Å². The maximum atomic E-state index is 12.3. The fraction of sp³-hybridized carbons (Fsp3) is 0.167. The van der Waals surface area contributed by atoms with E-state index in [9.17, 15) is 4.79 Å². The van der Waals surface area contributed by atoms with Gasteiger partial charge in [-0.05, 0) is 73.7 Å². The molecule has 0 atom stereocenters. The minimum atomic E-state index is -0.0779. The summed E-state index contributed by atoms with van der Waals surface area (Å²) in [7, 11) is 1.61. The summed E-state index contributed by atoms with van der Waals surface area (Å²) in [6.07, 6.45) is 0. The smallest absolute Gasteiger partial charge is 0.234 e. The van der Waals surface area contributed by atoms with Crippen molar-refractivity contribution in [1.82, 2.24) is 0 Å². The topological polar surface area (TPSA) is 71.6 Å². The minimum absolute atomic E-state index is 0.0779. The Labute approximate surface area is 197 Å². The van der Waals surface area contributed by atoms with Gasteiger partial charge in [0.2, 0.25) is 5.91 Å². The number of carbonyl (C=O) groups is 1. The van der Waals surface area contributed by atoms with E-state index in [-0.39, 0.29) is 5.91 Å². The Morgan fingerprint density at radius 2 is 1.72 bits per heavy atom. The fourth-order valence-corrected chi connectivity index (χ4v) is 3.83. The van der Waals surface area contributed by atoms with Crippen molar-refractivity contribution in [2.45, 2.75) is 11.8 Å². The van der Waals surface area contributed by atoms with Crippen molar-refractivity contribution in [3.63, 3.8) is 0 Å². The highest BCUT2D eigenvalue weighted by Crippen LogP contribution is 2.25. The van der Waals surface area contributed by atoms with Crippen LogP contribution in [0.25, 0.3) is 0 Å². The summed E-state index contributed by atoms with van der Waals surface area (Å²) in [6, 6.07) is 22.6. The average molecular weight is 468 g/mol. The summed E-state index contributed by atoms with van der Waals surface area (Å²) in [5.74, 6) is 1.70. The standard InChI is InChI=1S/C24H25N3O3S2/c1-3-30-19-13-11-17(12-14-19)25-23(28)16-32-20-8-6-7-18(15-20)26-24(31)27-21-9-4-5-10-22(21)29-2/h4-15H,3,16H2,1-2H3,(H,25,28)(H2,26,27,31). The lowest BCUT2D eigenvalue weighted by Crippen LogP contribution is -2.19. The molecular formula is C24H25N3O3S2. The Morgan fingerprint density at radius 1 is 0.938 bits per heavy atom. The van der Waals surface area contributed by atoms with Gasteiger partial charge in [0.05, 0.1) is 25.2 Å². The molecule has 0 unspecified atom stereocenters. The first kappa shape index (κ1) is 23.4. The van der Waals surface area contributed by atoms with Gasteiger partial charge in [-0.3, -0.25) is 4.79 Å². The van der Waals surface area contributed by atoms with E-state index in [0.29, 0.717) is 23.2 Å². The third-order valence-corrected chi connectivity index (χ3v) is 5.46. The third-order valence-electron chi connectivity index (χ3n) is 4.27. The van der Waals surface area contributed by atoms with E-state index < -0.39 is 0 Å². The summed E-state index contributed by atoms with van der Waals surface area (Å²) in [4.78, 5) is 13.3. The number of nitrogens with one attached hydrogen (secondary N) is 3. The number of amides is 1. The summed E-state index contributed by atoms with van der Waals surface area (Å²) < 4.78 is 10.7. The predicted octanol–water partition coefficient (Wildman–Crippen LogP) is 5.63. The number of para-hydroxylation sites is 2. The highest BCUT2D eigenvalue weighted by molar-refractivity contribution is 8.00. The molecule has 3 aromatic rings. The van der Waals surface area contributed by atoms with Crippen molar-refractivity contribution < 1.29 is 14.3 Å². The molecule has 32 heavy (non-hydrogen) atoms. The molecule has 0 aliphatic carbocycles. The van der Waals surface area contributed by atoms with Crippen LogP contribution in [-0.4, -0.2) is 30.5 Å². The van der Waals surface area contributed by atoms with Crippen LogP contribution < -0.4 is 25.4 Å². The van der Waals surface area contributed by atoms with Crippen LogP contribution >= 0.6 is 24.0 Å². The Bertz CT molecular complexity index is 1060. The van der Waals surface area contributed by atoms with E-state index in [1.807, 2.05) is 79.7 Å². The van der Waals surface area contributed by atoms with Gasteiger partial charge in [-0.25, -0.2) is 0 Å². The summed E-state index contributed by atoms with van der Waals surface area (Å²) in [5.41, 5.74) is 2.35. The number of benzene rings is 3. The van der Waals surface area contributed by atoms with Crippen molar-refractivity contribution in [3.05, 3.63) is 72.8 Å². The van der Waals surface area contributed by atoms with Gasteiger partial charge in [0.15, 0.2) is 5.11 Å². The number of methoxy groups -OCH3 is 1. The molecule has 1 amide bonds. The largest absolute Gasteiger partial charge is 0.495 e. The second kappa shape index (κ2) is 12.0. The van der Waals surface area contributed by atoms with E-state index >= 15 is 0 Å². The number of carbonyl (C=O) groups excluding carboxylic acids is 1. The maximum Gasteiger partial charge on any atom is 0.234 e. The van der Waals surface area contributed by atoms with E-state index in [1.165, 1.54) is 11.8 Å². The van der Waals surface area contributed by atoms with Crippen molar-refractivity contribution in [1.29, 1.82) is 0 Å². The van der Waals surface area contributed by atoms with Crippen LogP contribution in [0.5, 0.6) is 11.5 Å². The molecule has 0 aliphatic heterocycles. The van der Waals surface area contributed by atoms with Gasteiger partial charge in [-0.15, -0.1) is 11.8 Å². The first-order valence-electron chi connectivity index (χ1n) is 10.0. The highest BCUT2D eigenvalue weighted by atomic mass is 32.2. The van der Waals surface area contributed by atoms with Gasteiger partial charge >= 0.3 is 0 Å². The monoisotopic (exact) mass is 467 g/mol. The van der Waals surface area contributed by atoms with Crippen LogP contribution in [0, 0.1) is 0 Å². The molecule has 3 rings (SSSR count). The second-order valence-corrected chi connectivity index (χ2v) is 8.06. The van der Waals surface area contributed by atoms with Gasteiger partial charge in [0, 0.05) is 16.3 Å². The number of ether oxygens (including phenoxy) is 2. The van der Waals surface area contributed by atoms with Crippen molar-refractivity contribution in [3.8, 4) is 11.5 Å². The Balaban J connectivity index is 1.51. The molecule has 166 valence electrons. The van der Waals surface area contributed by atoms with Crippen molar-refractivity contribution >= 4 is 52.1 Å². The summed E-state index contributed by atoms with van der Waals surface area (Å²) >= 11 is 6.87. The van der Waals surface area contributed by atoms with Gasteiger partial charge in [0.1, 0.15) is 11.5 Å². The van der Waals surface area contributed by atoms with E-state index in [4.69, 9.17) is 21.7 Å². The first-order chi connectivity index (χ1) is 15.6.